The minimum absolute atomic E-state index is 0.200. The van der Waals surface area contributed by atoms with E-state index < -0.39 is 5.24 Å². The van der Waals surface area contributed by atoms with Crippen molar-refractivity contribution >= 4 is 22.8 Å². The van der Waals surface area contributed by atoms with E-state index in [2.05, 4.69) is 5.32 Å². The zero-order valence-electron chi connectivity index (χ0n) is 18.8. The molecular weight excluding hydrogens is 470 g/mol. The Morgan fingerprint density at radius 2 is 1.09 bits per heavy atom. The number of hydrogen-bond donors (Lipinski definition) is 2. The van der Waals surface area contributed by atoms with Crippen LogP contribution in [0.3, 0.4) is 0 Å². The first kappa shape index (κ1) is 27.4. The van der Waals surface area contributed by atoms with Gasteiger partial charge in [-0.15, -0.1) is 0 Å². The third-order valence-corrected chi connectivity index (χ3v) is 4.77. The Bertz CT molecular complexity index is 1170. The van der Waals surface area contributed by atoms with Crippen LogP contribution in [0.4, 0.5) is 8.78 Å². The van der Waals surface area contributed by atoms with Gasteiger partial charge < -0.3 is 11.1 Å². The van der Waals surface area contributed by atoms with Crippen molar-refractivity contribution in [3.8, 4) is 0 Å². The van der Waals surface area contributed by atoms with Crippen LogP contribution in [0, 0.1) is 11.6 Å². The number of carbonyl (C=O) groups is 2. The molecule has 0 saturated carbocycles. The third-order valence-electron chi connectivity index (χ3n) is 4.55. The fourth-order valence-corrected chi connectivity index (χ4v) is 2.80. The Kier molecular flexibility index (Phi) is 11.8. The van der Waals surface area contributed by atoms with E-state index in [0.29, 0.717) is 24.2 Å². The predicted octanol–water partition coefficient (Wildman–Crippen LogP) is 6.11. The van der Waals surface area contributed by atoms with Gasteiger partial charge in [0.05, 0.1) is 0 Å². The van der Waals surface area contributed by atoms with Gasteiger partial charge in [-0.1, -0.05) is 60.7 Å². The van der Waals surface area contributed by atoms with Crippen LogP contribution >= 0.6 is 11.6 Å². The molecule has 0 atom stereocenters. The summed E-state index contributed by atoms with van der Waals surface area (Å²) in [4.78, 5) is 22.1. The molecule has 4 aromatic rings. The van der Waals surface area contributed by atoms with Crippen molar-refractivity contribution in [1.29, 1.82) is 0 Å². The number of carbonyl (C=O) groups excluding carboxylic acids is 2. The summed E-state index contributed by atoms with van der Waals surface area (Å²) < 4.78 is 24.9. The van der Waals surface area contributed by atoms with Crippen LogP contribution in [0.25, 0.3) is 0 Å². The molecule has 35 heavy (non-hydrogen) atoms. The number of nitrogens with two attached hydrogens (primary N) is 1. The highest BCUT2D eigenvalue weighted by Crippen LogP contribution is 2.05. The first-order chi connectivity index (χ1) is 16.9. The van der Waals surface area contributed by atoms with Crippen LogP contribution in [-0.2, 0) is 13.1 Å². The Morgan fingerprint density at radius 3 is 1.49 bits per heavy atom. The SMILES string of the molecule is NCc1ccccc1.O=C(Cl)c1ccc(F)cc1.O=C(NCc1ccccc1)c1ccc(F)cc1. The molecule has 0 spiro atoms. The summed E-state index contributed by atoms with van der Waals surface area (Å²) in [6, 6.07) is 30.2. The minimum Gasteiger partial charge on any atom is -0.348 e. The molecule has 4 nitrogen and oxygen atoms in total. The fraction of sp³-hybridized carbons (Fsp3) is 0.0714. The smallest absolute Gasteiger partial charge is 0.252 e. The van der Waals surface area contributed by atoms with E-state index in [1.807, 2.05) is 60.7 Å². The third kappa shape index (κ3) is 10.7. The van der Waals surface area contributed by atoms with Crippen LogP contribution in [0.2, 0.25) is 0 Å². The summed E-state index contributed by atoms with van der Waals surface area (Å²) in [7, 11) is 0. The molecule has 0 aliphatic rings. The molecule has 3 N–H and O–H groups in total. The standard InChI is InChI=1S/C14H12FNO.C7H4ClFO.C7H9N/c15-13-8-6-12(7-9-13)14(17)16-10-11-4-2-1-3-5-11;8-7(10)5-1-3-6(9)4-2-5;8-6-7-4-2-1-3-5-7/h1-9H,10H2,(H,16,17);1-4H;1-5H,6,8H2. The van der Waals surface area contributed by atoms with Crippen molar-refractivity contribution in [2.24, 2.45) is 5.73 Å². The van der Waals surface area contributed by atoms with E-state index in [9.17, 15) is 18.4 Å². The van der Waals surface area contributed by atoms with Crippen molar-refractivity contribution in [1.82, 2.24) is 5.32 Å². The average Bonchev–Trinajstić information content (AvgIpc) is 2.90. The van der Waals surface area contributed by atoms with Crippen LogP contribution < -0.4 is 11.1 Å². The highest BCUT2D eigenvalue weighted by Gasteiger charge is 2.04. The molecule has 0 bridgehead atoms. The van der Waals surface area contributed by atoms with Gasteiger partial charge in [0, 0.05) is 24.2 Å². The first-order valence-corrected chi connectivity index (χ1v) is 11.0. The van der Waals surface area contributed by atoms with Gasteiger partial charge >= 0.3 is 0 Å². The van der Waals surface area contributed by atoms with Gasteiger partial charge in [0.15, 0.2) is 0 Å². The van der Waals surface area contributed by atoms with Crippen molar-refractivity contribution in [2.45, 2.75) is 13.1 Å². The van der Waals surface area contributed by atoms with Gasteiger partial charge in [0.1, 0.15) is 11.6 Å². The molecule has 0 unspecified atom stereocenters. The van der Waals surface area contributed by atoms with E-state index in [-0.39, 0.29) is 17.5 Å². The zero-order chi connectivity index (χ0) is 25.5. The second-order valence-corrected chi connectivity index (χ2v) is 7.49. The minimum atomic E-state index is -0.569. The molecule has 7 heteroatoms. The molecule has 180 valence electrons. The lowest BCUT2D eigenvalue weighted by Crippen LogP contribution is -2.22. The van der Waals surface area contributed by atoms with Crippen LogP contribution in [0.5, 0.6) is 0 Å². The Hall–Kier alpha value is -3.87. The summed E-state index contributed by atoms with van der Waals surface area (Å²) >= 11 is 5.09. The van der Waals surface area contributed by atoms with E-state index in [1.165, 1.54) is 54.1 Å². The predicted molar refractivity (Wildman–Crippen MR) is 135 cm³/mol. The van der Waals surface area contributed by atoms with Crippen molar-refractivity contribution in [3.05, 3.63) is 143 Å². The number of hydrogen-bond acceptors (Lipinski definition) is 3. The van der Waals surface area contributed by atoms with Crippen LogP contribution in [-0.4, -0.2) is 11.1 Å². The molecule has 1 amide bonds. The summed E-state index contributed by atoms with van der Waals surface area (Å²) in [6.07, 6.45) is 0. The average molecular weight is 495 g/mol. The van der Waals surface area contributed by atoms with Gasteiger partial charge in [0.2, 0.25) is 0 Å². The van der Waals surface area contributed by atoms with Gasteiger partial charge in [-0.3, -0.25) is 9.59 Å². The highest BCUT2D eigenvalue weighted by molar-refractivity contribution is 6.67. The summed E-state index contributed by atoms with van der Waals surface area (Å²) in [6.45, 7) is 1.11. The second kappa shape index (κ2) is 15.1. The Labute approximate surface area is 208 Å². The maximum Gasteiger partial charge on any atom is 0.252 e. The normalized spacial score (nSPS) is 9.60. The number of rotatable bonds is 5. The zero-order valence-corrected chi connectivity index (χ0v) is 19.6. The van der Waals surface area contributed by atoms with E-state index in [4.69, 9.17) is 17.3 Å². The lowest BCUT2D eigenvalue weighted by Gasteiger charge is -2.05. The number of nitrogens with one attached hydrogen (secondary N) is 1. The summed E-state index contributed by atoms with van der Waals surface area (Å²) in [5.41, 5.74) is 8.34. The lowest BCUT2D eigenvalue weighted by molar-refractivity contribution is 0.0950. The van der Waals surface area contributed by atoms with Gasteiger partial charge in [-0.2, -0.15) is 0 Å². The molecule has 4 rings (SSSR count). The van der Waals surface area contributed by atoms with Gasteiger partial charge in [-0.05, 0) is 71.3 Å². The number of amides is 1. The molecular formula is C28H25ClF2N2O2. The molecule has 0 aliphatic heterocycles. The topological polar surface area (TPSA) is 72.2 Å². The van der Waals surface area contributed by atoms with E-state index in [0.717, 1.165) is 5.56 Å². The number of benzene rings is 4. The number of halogens is 3. The van der Waals surface area contributed by atoms with Crippen LogP contribution in [0.1, 0.15) is 31.8 Å². The van der Waals surface area contributed by atoms with E-state index >= 15 is 0 Å². The van der Waals surface area contributed by atoms with Crippen molar-refractivity contribution in [3.63, 3.8) is 0 Å². The van der Waals surface area contributed by atoms with Crippen LogP contribution in [0.15, 0.2) is 109 Å². The first-order valence-electron chi connectivity index (χ1n) is 10.7. The Balaban J connectivity index is 0.000000204. The highest BCUT2D eigenvalue weighted by atomic mass is 35.5. The monoisotopic (exact) mass is 494 g/mol. The molecule has 0 aliphatic carbocycles. The molecule has 0 fully saturated rings. The fourth-order valence-electron chi connectivity index (χ4n) is 2.68. The molecule has 0 heterocycles. The van der Waals surface area contributed by atoms with Crippen molar-refractivity contribution < 1.29 is 18.4 Å². The molecule has 0 saturated heterocycles. The molecule has 0 radical (unpaired) electrons. The lowest BCUT2D eigenvalue weighted by atomic mass is 10.2. The quantitative estimate of drug-likeness (QED) is 0.329. The second-order valence-electron chi connectivity index (χ2n) is 7.15. The summed E-state index contributed by atoms with van der Waals surface area (Å²) in [5.74, 6) is -0.917. The van der Waals surface area contributed by atoms with Crippen molar-refractivity contribution in [2.75, 3.05) is 0 Å². The largest absolute Gasteiger partial charge is 0.348 e. The molecule has 0 aromatic heterocycles. The van der Waals surface area contributed by atoms with E-state index in [1.54, 1.807) is 0 Å². The Morgan fingerprint density at radius 1 is 0.657 bits per heavy atom. The molecule has 4 aromatic carbocycles. The van der Waals surface area contributed by atoms with Gasteiger partial charge in [0.25, 0.3) is 11.1 Å². The van der Waals surface area contributed by atoms with Gasteiger partial charge in [-0.25, -0.2) is 8.78 Å². The maximum atomic E-state index is 12.7. The maximum absolute atomic E-state index is 12.7. The summed E-state index contributed by atoms with van der Waals surface area (Å²) in [5, 5.41) is 2.20.